The molecule has 4 rings (SSSR count). The molecule has 1 aliphatic heterocycles. The smallest absolute Gasteiger partial charge is 0.295 e. The molecule has 1 N–H and O–H groups in total. The van der Waals surface area contributed by atoms with Gasteiger partial charge in [0.05, 0.1) is 18.7 Å². The molecule has 0 aromatic heterocycles. The van der Waals surface area contributed by atoms with Crippen LogP contribution in [0, 0.1) is 6.92 Å². The zero-order valence-corrected chi connectivity index (χ0v) is 21.6. The van der Waals surface area contributed by atoms with Crippen molar-refractivity contribution in [3.05, 3.63) is 101 Å². The summed E-state index contributed by atoms with van der Waals surface area (Å²) < 4.78 is 11.2. The molecule has 0 saturated carbocycles. The molecule has 3 aromatic rings. The Morgan fingerprint density at radius 1 is 0.946 bits per heavy atom. The van der Waals surface area contributed by atoms with E-state index in [9.17, 15) is 14.7 Å². The van der Waals surface area contributed by atoms with Gasteiger partial charge in [0.25, 0.3) is 11.7 Å². The monoisotopic (exact) mass is 500 g/mol. The maximum atomic E-state index is 13.2. The fourth-order valence-electron chi connectivity index (χ4n) is 4.35. The van der Waals surface area contributed by atoms with Crippen molar-refractivity contribution in [1.82, 2.24) is 9.80 Å². The number of hydrogen-bond donors (Lipinski definition) is 1. The molecule has 3 aromatic carbocycles. The molecule has 1 fully saturated rings. The topological polar surface area (TPSA) is 79.3 Å². The summed E-state index contributed by atoms with van der Waals surface area (Å²) in [7, 11) is 5.38. The zero-order chi connectivity index (χ0) is 26.5. The van der Waals surface area contributed by atoms with Crippen molar-refractivity contribution in [2.24, 2.45) is 0 Å². The van der Waals surface area contributed by atoms with Crippen molar-refractivity contribution in [1.29, 1.82) is 0 Å². The number of hydrogen-bond acceptors (Lipinski definition) is 6. The SMILES string of the molecule is COc1ccc(C2/C(=C(\O)c3ccc(OCc4ccccc4C)cc3)C(=O)C(=O)N2CCN(C)C)cc1. The number of ketones is 1. The van der Waals surface area contributed by atoms with E-state index in [-0.39, 0.29) is 11.3 Å². The predicted octanol–water partition coefficient (Wildman–Crippen LogP) is 4.57. The van der Waals surface area contributed by atoms with E-state index in [1.807, 2.05) is 62.3 Å². The van der Waals surface area contributed by atoms with Gasteiger partial charge in [-0.25, -0.2) is 0 Å². The molecule has 1 unspecified atom stereocenters. The highest BCUT2D eigenvalue weighted by Crippen LogP contribution is 2.39. The van der Waals surface area contributed by atoms with Gasteiger partial charge in [-0.3, -0.25) is 9.59 Å². The number of methoxy groups -OCH3 is 1. The number of benzene rings is 3. The molecule has 7 heteroatoms. The van der Waals surface area contributed by atoms with Crippen LogP contribution in [-0.4, -0.2) is 60.9 Å². The summed E-state index contributed by atoms with van der Waals surface area (Å²) in [5.74, 6) is -0.232. The van der Waals surface area contributed by atoms with E-state index in [0.717, 1.165) is 16.7 Å². The van der Waals surface area contributed by atoms with Crippen LogP contribution < -0.4 is 9.47 Å². The zero-order valence-electron chi connectivity index (χ0n) is 21.6. The summed E-state index contributed by atoms with van der Waals surface area (Å²) in [5, 5.41) is 11.3. The van der Waals surface area contributed by atoms with Gasteiger partial charge in [0.1, 0.15) is 23.9 Å². The minimum atomic E-state index is -0.706. The van der Waals surface area contributed by atoms with Gasteiger partial charge < -0.3 is 24.4 Å². The van der Waals surface area contributed by atoms with Crippen molar-refractivity contribution in [3.63, 3.8) is 0 Å². The molecule has 1 atom stereocenters. The second kappa shape index (κ2) is 11.3. The van der Waals surface area contributed by atoms with E-state index in [1.165, 1.54) is 4.90 Å². The van der Waals surface area contributed by atoms with Crippen LogP contribution >= 0.6 is 0 Å². The third-order valence-electron chi connectivity index (χ3n) is 6.54. The minimum absolute atomic E-state index is 0.0718. The number of aliphatic hydroxyl groups is 1. The van der Waals surface area contributed by atoms with Crippen LogP contribution in [0.1, 0.15) is 28.3 Å². The Balaban J connectivity index is 1.65. The summed E-state index contributed by atoms with van der Waals surface area (Å²) in [6, 6.07) is 21.4. The van der Waals surface area contributed by atoms with Crippen LogP contribution in [0.15, 0.2) is 78.4 Å². The molecule has 7 nitrogen and oxygen atoms in total. The van der Waals surface area contributed by atoms with Crippen LogP contribution in [0.3, 0.4) is 0 Å². The van der Waals surface area contributed by atoms with Gasteiger partial charge in [-0.15, -0.1) is 0 Å². The molecule has 1 amide bonds. The van der Waals surface area contributed by atoms with E-state index in [0.29, 0.717) is 36.8 Å². The number of carbonyl (C=O) groups excluding carboxylic acids is 2. The molecule has 0 bridgehead atoms. The van der Waals surface area contributed by atoms with Gasteiger partial charge in [-0.2, -0.15) is 0 Å². The molecule has 1 aliphatic rings. The normalized spacial score (nSPS) is 16.9. The van der Waals surface area contributed by atoms with E-state index >= 15 is 0 Å². The summed E-state index contributed by atoms with van der Waals surface area (Å²) in [5.41, 5.74) is 3.47. The fraction of sp³-hybridized carbons (Fsp3) is 0.267. The van der Waals surface area contributed by atoms with Gasteiger partial charge >= 0.3 is 0 Å². The third-order valence-corrected chi connectivity index (χ3v) is 6.54. The maximum Gasteiger partial charge on any atom is 0.295 e. The highest BCUT2D eigenvalue weighted by atomic mass is 16.5. The highest BCUT2D eigenvalue weighted by molar-refractivity contribution is 6.46. The van der Waals surface area contributed by atoms with Gasteiger partial charge in [0.15, 0.2) is 0 Å². The molecule has 0 spiro atoms. The average molecular weight is 501 g/mol. The molecule has 0 aliphatic carbocycles. The lowest BCUT2D eigenvalue weighted by molar-refractivity contribution is -0.140. The number of likely N-dealkylation sites (tertiary alicyclic amines) is 1. The summed E-state index contributed by atoms with van der Waals surface area (Å²) in [6.07, 6.45) is 0. The molecule has 1 heterocycles. The first-order valence-corrected chi connectivity index (χ1v) is 12.1. The number of aliphatic hydroxyl groups excluding tert-OH is 1. The number of aryl methyl sites for hydroxylation is 1. The molecule has 192 valence electrons. The van der Waals surface area contributed by atoms with Crippen molar-refractivity contribution < 1.29 is 24.2 Å². The Morgan fingerprint density at radius 3 is 2.22 bits per heavy atom. The van der Waals surface area contributed by atoms with Crippen LogP contribution in [0.25, 0.3) is 5.76 Å². The van der Waals surface area contributed by atoms with Gasteiger partial charge in [-0.05, 0) is 74.1 Å². The number of amides is 1. The number of ether oxygens (including phenoxy) is 2. The predicted molar refractivity (Wildman–Crippen MR) is 143 cm³/mol. The summed E-state index contributed by atoms with van der Waals surface area (Å²) >= 11 is 0. The first kappa shape index (κ1) is 26.0. The second-order valence-electron chi connectivity index (χ2n) is 9.31. The lowest BCUT2D eigenvalue weighted by Gasteiger charge is -2.26. The van der Waals surface area contributed by atoms with E-state index < -0.39 is 17.7 Å². The van der Waals surface area contributed by atoms with Gasteiger partial charge in [0.2, 0.25) is 0 Å². The molecule has 1 saturated heterocycles. The molecular formula is C30H32N2O5. The van der Waals surface area contributed by atoms with Crippen molar-refractivity contribution in [2.75, 3.05) is 34.3 Å². The lowest BCUT2D eigenvalue weighted by Crippen LogP contribution is -2.35. The molecule has 0 radical (unpaired) electrons. The summed E-state index contributed by atoms with van der Waals surface area (Å²) in [6.45, 7) is 3.38. The Morgan fingerprint density at radius 2 is 1.59 bits per heavy atom. The fourth-order valence-corrected chi connectivity index (χ4v) is 4.35. The first-order chi connectivity index (χ1) is 17.8. The quantitative estimate of drug-likeness (QED) is 0.264. The maximum absolute atomic E-state index is 13.2. The van der Waals surface area contributed by atoms with E-state index in [1.54, 1.807) is 43.5 Å². The number of likely N-dealkylation sites (N-methyl/N-ethyl adjacent to an activating group) is 1. The van der Waals surface area contributed by atoms with Crippen molar-refractivity contribution >= 4 is 17.4 Å². The Labute approximate surface area is 217 Å². The van der Waals surface area contributed by atoms with Crippen LogP contribution in [0.2, 0.25) is 0 Å². The largest absolute Gasteiger partial charge is 0.507 e. The van der Waals surface area contributed by atoms with Gasteiger partial charge in [-0.1, -0.05) is 36.4 Å². The summed E-state index contributed by atoms with van der Waals surface area (Å²) in [4.78, 5) is 29.7. The minimum Gasteiger partial charge on any atom is -0.507 e. The van der Waals surface area contributed by atoms with E-state index in [2.05, 4.69) is 0 Å². The second-order valence-corrected chi connectivity index (χ2v) is 9.31. The average Bonchev–Trinajstić information content (AvgIpc) is 3.16. The number of nitrogens with zero attached hydrogens (tertiary/aromatic N) is 2. The van der Waals surface area contributed by atoms with Gasteiger partial charge in [0, 0.05) is 18.7 Å². The third kappa shape index (κ3) is 5.67. The molecule has 37 heavy (non-hydrogen) atoms. The number of Topliss-reactive ketones (excluding diaryl/α,β-unsaturated/α-hetero) is 1. The number of carbonyl (C=O) groups is 2. The van der Waals surface area contributed by atoms with Crippen molar-refractivity contribution in [3.8, 4) is 11.5 Å². The first-order valence-electron chi connectivity index (χ1n) is 12.1. The van der Waals surface area contributed by atoms with Crippen LogP contribution in [0.5, 0.6) is 11.5 Å². The Hall–Kier alpha value is -4.10. The van der Waals surface area contributed by atoms with Crippen LogP contribution in [0.4, 0.5) is 0 Å². The standard InChI is InChI=1S/C30H32N2O5/c1-20-7-5-6-8-23(20)19-37-25-15-11-22(12-16-25)28(33)26-27(21-9-13-24(36-4)14-10-21)32(18-17-31(2)3)30(35)29(26)34/h5-16,27,33H,17-19H2,1-4H3/b28-26+. The Kier molecular flexibility index (Phi) is 7.94. The van der Waals surface area contributed by atoms with Crippen molar-refractivity contribution in [2.45, 2.75) is 19.6 Å². The number of rotatable bonds is 9. The highest BCUT2D eigenvalue weighted by Gasteiger charge is 2.45. The molecular weight excluding hydrogens is 468 g/mol. The van der Waals surface area contributed by atoms with E-state index in [4.69, 9.17) is 9.47 Å². The van der Waals surface area contributed by atoms with Crippen LogP contribution in [-0.2, 0) is 16.2 Å². The Bertz CT molecular complexity index is 1300. The lowest BCUT2D eigenvalue weighted by atomic mass is 9.95.